The van der Waals surface area contributed by atoms with Gasteiger partial charge in [0.1, 0.15) is 0 Å². The lowest BCUT2D eigenvalue weighted by atomic mass is 10.1. The molecule has 0 aliphatic heterocycles. The lowest BCUT2D eigenvalue weighted by Crippen LogP contribution is -2.26. The minimum Gasteiger partial charge on any atom is -0.211 e. The van der Waals surface area contributed by atoms with Crippen LogP contribution in [0.15, 0.2) is 29.2 Å². The first-order valence-electron chi connectivity index (χ1n) is 5.49. The number of benzene rings is 1. The average Bonchev–Trinajstić information content (AvgIpc) is 2.17. The molecule has 0 saturated heterocycles. The standard InChI is InChI=1S/C12H19NO2S/c1-10(2)8-9-13-16(14,15)12-7-5-4-6-11(12)3/h4-7,10,13H,8-9H2,1-3H3. The molecule has 0 aliphatic rings. The maximum atomic E-state index is 11.9. The predicted octanol–water partition coefficient (Wildman–Crippen LogP) is 2.32. The van der Waals surface area contributed by atoms with Crippen LogP contribution < -0.4 is 4.72 Å². The van der Waals surface area contributed by atoms with E-state index in [1.807, 2.05) is 6.07 Å². The van der Waals surface area contributed by atoms with Crippen LogP contribution in [-0.2, 0) is 10.0 Å². The van der Waals surface area contributed by atoms with Gasteiger partial charge >= 0.3 is 0 Å². The molecule has 0 aromatic heterocycles. The van der Waals surface area contributed by atoms with Crippen molar-refractivity contribution in [1.29, 1.82) is 0 Å². The van der Waals surface area contributed by atoms with Crippen LogP contribution in [0.5, 0.6) is 0 Å². The van der Waals surface area contributed by atoms with E-state index < -0.39 is 10.0 Å². The third-order valence-corrected chi connectivity index (χ3v) is 4.02. The monoisotopic (exact) mass is 241 g/mol. The summed E-state index contributed by atoms with van der Waals surface area (Å²) in [6.45, 7) is 6.44. The molecule has 90 valence electrons. The summed E-state index contributed by atoms with van der Waals surface area (Å²) in [7, 11) is -3.34. The molecule has 1 aromatic rings. The zero-order valence-electron chi connectivity index (χ0n) is 10.0. The Hall–Kier alpha value is -0.870. The molecule has 0 radical (unpaired) electrons. The van der Waals surface area contributed by atoms with E-state index in [1.165, 1.54) is 0 Å². The molecule has 0 amide bonds. The van der Waals surface area contributed by atoms with Gasteiger partial charge in [0.15, 0.2) is 0 Å². The molecule has 0 saturated carbocycles. The van der Waals surface area contributed by atoms with E-state index in [0.717, 1.165) is 12.0 Å². The van der Waals surface area contributed by atoms with E-state index in [2.05, 4.69) is 18.6 Å². The lowest BCUT2D eigenvalue weighted by molar-refractivity contribution is 0.551. The number of aryl methyl sites for hydroxylation is 1. The van der Waals surface area contributed by atoms with Gasteiger partial charge in [0.2, 0.25) is 10.0 Å². The second kappa shape index (κ2) is 5.46. The summed E-state index contributed by atoms with van der Waals surface area (Å²) in [5.41, 5.74) is 0.777. The SMILES string of the molecule is Cc1ccccc1S(=O)(=O)NCCC(C)C. The zero-order chi connectivity index (χ0) is 12.2. The largest absolute Gasteiger partial charge is 0.240 e. The summed E-state index contributed by atoms with van der Waals surface area (Å²) >= 11 is 0. The van der Waals surface area contributed by atoms with Crippen molar-refractivity contribution in [1.82, 2.24) is 4.72 Å². The molecular formula is C12H19NO2S. The predicted molar refractivity (Wildman–Crippen MR) is 65.8 cm³/mol. The molecule has 1 rings (SSSR count). The van der Waals surface area contributed by atoms with E-state index >= 15 is 0 Å². The van der Waals surface area contributed by atoms with Crippen molar-refractivity contribution in [3.8, 4) is 0 Å². The zero-order valence-corrected chi connectivity index (χ0v) is 10.8. The molecule has 0 unspecified atom stereocenters. The third-order valence-electron chi connectivity index (χ3n) is 2.40. The highest BCUT2D eigenvalue weighted by molar-refractivity contribution is 7.89. The van der Waals surface area contributed by atoms with Crippen molar-refractivity contribution < 1.29 is 8.42 Å². The Labute approximate surface area is 97.9 Å². The minimum absolute atomic E-state index is 0.374. The molecule has 0 fully saturated rings. The first-order valence-corrected chi connectivity index (χ1v) is 6.97. The van der Waals surface area contributed by atoms with Crippen molar-refractivity contribution >= 4 is 10.0 Å². The summed E-state index contributed by atoms with van der Waals surface area (Å²) in [5.74, 6) is 0.500. The lowest BCUT2D eigenvalue weighted by Gasteiger charge is -2.10. The summed E-state index contributed by atoms with van der Waals surface area (Å²) in [4.78, 5) is 0.374. The quantitative estimate of drug-likeness (QED) is 0.860. The van der Waals surface area contributed by atoms with Gasteiger partial charge in [0.25, 0.3) is 0 Å². The van der Waals surface area contributed by atoms with E-state index in [4.69, 9.17) is 0 Å². The highest BCUT2D eigenvalue weighted by Crippen LogP contribution is 2.13. The van der Waals surface area contributed by atoms with E-state index in [0.29, 0.717) is 17.4 Å². The van der Waals surface area contributed by atoms with Gasteiger partial charge in [-0.1, -0.05) is 32.0 Å². The maximum Gasteiger partial charge on any atom is 0.240 e. The van der Waals surface area contributed by atoms with Crippen LogP contribution >= 0.6 is 0 Å². The summed E-state index contributed by atoms with van der Waals surface area (Å²) < 4.78 is 26.5. The van der Waals surface area contributed by atoms with Crippen molar-refractivity contribution in [2.45, 2.75) is 32.1 Å². The molecule has 1 aromatic carbocycles. The fraction of sp³-hybridized carbons (Fsp3) is 0.500. The second-order valence-electron chi connectivity index (χ2n) is 4.35. The molecule has 0 spiro atoms. The Morgan fingerprint density at radius 1 is 1.25 bits per heavy atom. The molecule has 0 aliphatic carbocycles. The highest BCUT2D eigenvalue weighted by atomic mass is 32.2. The third kappa shape index (κ3) is 3.61. The average molecular weight is 241 g/mol. The van der Waals surface area contributed by atoms with Gasteiger partial charge in [0, 0.05) is 6.54 Å². The fourth-order valence-corrected chi connectivity index (χ4v) is 2.71. The van der Waals surface area contributed by atoms with Crippen LogP contribution in [-0.4, -0.2) is 15.0 Å². The van der Waals surface area contributed by atoms with E-state index in [9.17, 15) is 8.42 Å². The first-order chi connectivity index (χ1) is 7.43. The van der Waals surface area contributed by atoms with E-state index in [-0.39, 0.29) is 0 Å². The molecule has 1 N–H and O–H groups in total. The van der Waals surface area contributed by atoms with Gasteiger partial charge in [0.05, 0.1) is 4.90 Å². The normalized spacial score (nSPS) is 12.0. The number of hydrogen-bond acceptors (Lipinski definition) is 2. The molecule has 3 nitrogen and oxygen atoms in total. The Kier molecular flexibility index (Phi) is 4.50. The maximum absolute atomic E-state index is 11.9. The van der Waals surface area contributed by atoms with Crippen LogP contribution in [0, 0.1) is 12.8 Å². The molecule has 0 bridgehead atoms. The first kappa shape index (κ1) is 13.2. The Morgan fingerprint density at radius 3 is 2.44 bits per heavy atom. The molecule has 0 heterocycles. The topological polar surface area (TPSA) is 46.2 Å². The molecular weight excluding hydrogens is 222 g/mol. The Bertz CT molecular complexity index is 438. The van der Waals surface area contributed by atoms with Crippen LogP contribution in [0.3, 0.4) is 0 Å². The minimum atomic E-state index is -3.34. The number of hydrogen-bond donors (Lipinski definition) is 1. The summed E-state index contributed by atoms with van der Waals surface area (Å²) in [6, 6.07) is 7.01. The highest BCUT2D eigenvalue weighted by Gasteiger charge is 2.15. The molecule has 0 atom stereocenters. The number of sulfonamides is 1. The van der Waals surface area contributed by atoms with Crippen molar-refractivity contribution in [2.24, 2.45) is 5.92 Å². The van der Waals surface area contributed by atoms with Gasteiger partial charge in [-0.25, -0.2) is 13.1 Å². The summed E-state index contributed by atoms with van der Waals surface area (Å²) in [6.07, 6.45) is 0.852. The Balaban J connectivity index is 2.75. The molecule has 16 heavy (non-hydrogen) atoms. The smallest absolute Gasteiger partial charge is 0.211 e. The van der Waals surface area contributed by atoms with Gasteiger partial charge in [-0.3, -0.25) is 0 Å². The van der Waals surface area contributed by atoms with E-state index in [1.54, 1.807) is 25.1 Å². The second-order valence-corrected chi connectivity index (χ2v) is 6.08. The van der Waals surface area contributed by atoms with Crippen LogP contribution in [0.25, 0.3) is 0 Å². The Morgan fingerprint density at radius 2 is 1.88 bits per heavy atom. The van der Waals surface area contributed by atoms with Crippen molar-refractivity contribution in [3.63, 3.8) is 0 Å². The van der Waals surface area contributed by atoms with Crippen LogP contribution in [0.1, 0.15) is 25.8 Å². The van der Waals surface area contributed by atoms with Gasteiger partial charge < -0.3 is 0 Å². The van der Waals surface area contributed by atoms with Crippen LogP contribution in [0.4, 0.5) is 0 Å². The van der Waals surface area contributed by atoms with Crippen molar-refractivity contribution in [3.05, 3.63) is 29.8 Å². The summed E-state index contributed by atoms with van der Waals surface area (Å²) in [5, 5.41) is 0. The number of nitrogens with one attached hydrogen (secondary N) is 1. The van der Waals surface area contributed by atoms with Gasteiger partial charge in [-0.15, -0.1) is 0 Å². The fourth-order valence-electron chi connectivity index (χ4n) is 1.42. The van der Waals surface area contributed by atoms with Crippen molar-refractivity contribution in [2.75, 3.05) is 6.54 Å². The van der Waals surface area contributed by atoms with Gasteiger partial charge in [-0.05, 0) is 30.9 Å². The van der Waals surface area contributed by atoms with Crippen LogP contribution in [0.2, 0.25) is 0 Å². The molecule has 4 heteroatoms. The van der Waals surface area contributed by atoms with Gasteiger partial charge in [-0.2, -0.15) is 0 Å². The number of rotatable bonds is 5.